The van der Waals surface area contributed by atoms with Crippen LogP contribution in [0.3, 0.4) is 0 Å². The van der Waals surface area contributed by atoms with Crippen LogP contribution in [0.4, 0.5) is 5.69 Å². The van der Waals surface area contributed by atoms with Crippen molar-refractivity contribution in [2.24, 2.45) is 0 Å². The van der Waals surface area contributed by atoms with E-state index in [0.29, 0.717) is 17.0 Å². The number of carbonyl (C=O) groups is 3. The van der Waals surface area contributed by atoms with Crippen molar-refractivity contribution in [1.82, 2.24) is 4.90 Å². The fourth-order valence-electron chi connectivity index (χ4n) is 1.77. The second-order valence-corrected chi connectivity index (χ2v) is 4.81. The Morgan fingerprint density at radius 3 is 2.25 bits per heavy atom. The minimum absolute atomic E-state index is 0.155. The minimum Gasteiger partial charge on any atom is -0.495 e. The maximum Gasteiger partial charge on any atom is 0.354 e. The Morgan fingerprint density at radius 1 is 1.08 bits per heavy atom. The molecule has 0 atom stereocenters. The standard InChI is InChI=1S/C16H20N2O6/c1-18(2)15(20)10-6-7-13(22-3)11(8-10)17-12(16(21)24-5)9-14(19)23-4/h6-9,17H,1-5H3/b12-9+. The molecule has 0 aliphatic carbocycles. The number of hydrogen-bond donors (Lipinski definition) is 1. The van der Waals surface area contributed by atoms with Crippen molar-refractivity contribution < 1.29 is 28.6 Å². The topological polar surface area (TPSA) is 94.2 Å². The number of nitrogens with zero attached hydrogens (tertiary/aromatic N) is 1. The van der Waals surface area contributed by atoms with E-state index in [2.05, 4.69) is 14.8 Å². The fourth-order valence-corrected chi connectivity index (χ4v) is 1.77. The summed E-state index contributed by atoms with van der Waals surface area (Å²) < 4.78 is 14.3. The highest BCUT2D eigenvalue weighted by molar-refractivity contribution is 6.00. The van der Waals surface area contributed by atoms with Gasteiger partial charge in [0.1, 0.15) is 11.4 Å². The first kappa shape index (κ1) is 19.0. The number of rotatable bonds is 6. The van der Waals surface area contributed by atoms with Gasteiger partial charge < -0.3 is 24.4 Å². The third kappa shape index (κ3) is 4.73. The lowest BCUT2D eigenvalue weighted by Crippen LogP contribution is -2.22. The highest BCUT2D eigenvalue weighted by Gasteiger charge is 2.17. The van der Waals surface area contributed by atoms with Gasteiger partial charge in [0, 0.05) is 19.7 Å². The molecule has 0 aliphatic heterocycles. The van der Waals surface area contributed by atoms with Gasteiger partial charge in [-0.15, -0.1) is 0 Å². The molecular weight excluding hydrogens is 316 g/mol. The summed E-state index contributed by atoms with van der Waals surface area (Å²) in [4.78, 5) is 36.7. The maximum atomic E-state index is 12.1. The molecule has 1 aromatic rings. The number of benzene rings is 1. The van der Waals surface area contributed by atoms with Crippen LogP contribution in [0.1, 0.15) is 10.4 Å². The Bertz CT molecular complexity index is 667. The third-order valence-electron chi connectivity index (χ3n) is 2.99. The highest BCUT2D eigenvalue weighted by atomic mass is 16.5. The molecule has 1 N–H and O–H groups in total. The average Bonchev–Trinajstić information content (AvgIpc) is 2.59. The lowest BCUT2D eigenvalue weighted by atomic mass is 10.1. The molecule has 0 aromatic heterocycles. The van der Waals surface area contributed by atoms with E-state index < -0.39 is 11.9 Å². The molecule has 1 aromatic carbocycles. The summed E-state index contributed by atoms with van der Waals surface area (Å²) in [6.45, 7) is 0. The molecule has 0 aliphatic rings. The van der Waals surface area contributed by atoms with Crippen molar-refractivity contribution in [2.75, 3.05) is 40.7 Å². The smallest absolute Gasteiger partial charge is 0.354 e. The Kier molecular flexibility index (Phi) is 6.79. The van der Waals surface area contributed by atoms with Crippen LogP contribution in [-0.4, -0.2) is 58.2 Å². The molecule has 8 nitrogen and oxygen atoms in total. The number of amides is 1. The van der Waals surface area contributed by atoms with E-state index in [1.165, 1.54) is 32.3 Å². The van der Waals surface area contributed by atoms with Crippen molar-refractivity contribution >= 4 is 23.5 Å². The van der Waals surface area contributed by atoms with E-state index in [0.717, 1.165) is 6.08 Å². The number of esters is 2. The zero-order chi connectivity index (χ0) is 18.3. The fraction of sp³-hybridized carbons (Fsp3) is 0.312. The van der Waals surface area contributed by atoms with Gasteiger partial charge in [-0.2, -0.15) is 0 Å². The summed E-state index contributed by atoms with van der Waals surface area (Å²) in [5, 5.41) is 2.74. The quantitative estimate of drug-likeness (QED) is 0.612. The second-order valence-electron chi connectivity index (χ2n) is 4.81. The third-order valence-corrected chi connectivity index (χ3v) is 2.99. The molecule has 0 saturated heterocycles. The van der Waals surface area contributed by atoms with Crippen LogP contribution < -0.4 is 10.1 Å². The van der Waals surface area contributed by atoms with Gasteiger partial charge in [-0.25, -0.2) is 9.59 Å². The van der Waals surface area contributed by atoms with E-state index in [9.17, 15) is 14.4 Å². The normalized spacial score (nSPS) is 10.6. The van der Waals surface area contributed by atoms with Crippen LogP contribution in [-0.2, 0) is 19.1 Å². The van der Waals surface area contributed by atoms with Gasteiger partial charge in [-0.05, 0) is 18.2 Å². The maximum absolute atomic E-state index is 12.1. The summed E-state index contributed by atoms with van der Waals surface area (Å²) in [5.74, 6) is -1.35. The molecule has 0 saturated carbocycles. The van der Waals surface area contributed by atoms with Crippen LogP contribution in [0.25, 0.3) is 0 Å². The predicted octanol–water partition coefficient (Wildman–Crippen LogP) is 1.04. The van der Waals surface area contributed by atoms with Gasteiger partial charge in [0.2, 0.25) is 0 Å². The lowest BCUT2D eigenvalue weighted by molar-refractivity contribution is -0.138. The molecule has 1 amide bonds. The van der Waals surface area contributed by atoms with Gasteiger partial charge in [0.25, 0.3) is 5.91 Å². The number of anilines is 1. The molecule has 8 heteroatoms. The van der Waals surface area contributed by atoms with Gasteiger partial charge in [0.05, 0.1) is 33.1 Å². The zero-order valence-electron chi connectivity index (χ0n) is 14.2. The number of carbonyl (C=O) groups excluding carboxylic acids is 3. The van der Waals surface area contributed by atoms with E-state index in [4.69, 9.17) is 4.74 Å². The Morgan fingerprint density at radius 2 is 1.75 bits per heavy atom. The van der Waals surface area contributed by atoms with Gasteiger partial charge in [-0.3, -0.25) is 4.79 Å². The molecule has 0 bridgehead atoms. The minimum atomic E-state index is -0.771. The molecular formula is C16H20N2O6. The summed E-state index contributed by atoms with van der Waals surface area (Å²) >= 11 is 0. The Balaban J connectivity index is 3.28. The van der Waals surface area contributed by atoms with Crippen molar-refractivity contribution in [3.8, 4) is 5.75 Å². The molecule has 0 heterocycles. The van der Waals surface area contributed by atoms with Gasteiger partial charge in [0.15, 0.2) is 0 Å². The number of hydrogen-bond acceptors (Lipinski definition) is 7. The SMILES string of the molecule is COC(=O)/C=C(/Nc1cc(C(=O)N(C)C)ccc1OC)C(=O)OC. The molecule has 0 unspecified atom stereocenters. The predicted molar refractivity (Wildman–Crippen MR) is 86.7 cm³/mol. The molecule has 0 radical (unpaired) electrons. The largest absolute Gasteiger partial charge is 0.495 e. The summed E-state index contributed by atoms with van der Waals surface area (Å²) in [5.41, 5.74) is 0.549. The second kappa shape index (κ2) is 8.56. The van der Waals surface area contributed by atoms with Crippen LogP contribution in [0.2, 0.25) is 0 Å². The summed E-state index contributed by atoms with van der Waals surface area (Å²) in [7, 11) is 7.05. The zero-order valence-corrected chi connectivity index (χ0v) is 14.2. The first-order valence-corrected chi connectivity index (χ1v) is 6.88. The van der Waals surface area contributed by atoms with Gasteiger partial charge >= 0.3 is 11.9 Å². The van der Waals surface area contributed by atoms with E-state index >= 15 is 0 Å². The molecule has 1 rings (SSSR count). The Labute approximate surface area is 140 Å². The monoisotopic (exact) mass is 336 g/mol. The average molecular weight is 336 g/mol. The van der Waals surface area contributed by atoms with Gasteiger partial charge in [-0.1, -0.05) is 0 Å². The number of ether oxygens (including phenoxy) is 3. The van der Waals surface area contributed by atoms with Crippen LogP contribution in [0.5, 0.6) is 5.75 Å². The van der Waals surface area contributed by atoms with Crippen molar-refractivity contribution in [2.45, 2.75) is 0 Å². The van der Waals surface area contributed by atoms with Crippen LogP contribution in [0, 0.1) is 0 Å². The van der Waals surface area contributed by atoms with Crippen molar-refractivity contribution in [3.63, 3.8) is 0 Å². The first-order chi connectivity index (χ1) is 11.3. The van der Waals surface area contributed by atoms with Crippen molar-refractivity contribution in [1.29, 1.82) is 0 Å². The van der Waals surface area contributed by atoms with E-state index in [1.807, 2.05) is 0 Å². The summed E-state index contributed by atoms with van der Waals surface area (Å²) in [6.07, 6.45) is 0.950. The van der Waals surface area contributed by atoms with Crippen LogP contribution >= 0.6 is 0 Å². The first-order valence-electron chi connectivity index (χ1n) is 6.88. The number of methoxy groups -OCH3 is 3. The summed E-state index contributed by atoms with van der Waals surface area (Å²) in [6, 6.07) is 4.68. The molecule has 0 spiro atoms. The van der Waals surface area contributed by atoms with E-state index in [1.54, 1.807) is 26.2 Å². The van der Waals surface area contributed by atoms with Crippen molar-refractivity contribution in [3.05, 3.63) is 35.5 Å². The van der Waals surface area contributed by atoms with E-state index in [-0.39, 0.29) is 11.6 Å². The Hall–Kier alpha value is -3.03. The number of nitrogens with one attached hydrogen (secondary N) is 1. The lowest BCUT2D eigenvalue weighted by Gasteiger charge is -2.15. The highest BCUT2D eigenvalue weighted by Crippen LogP contribution is 2.27. The van der Waals surface area contributed by atoms with Crippen LogP contribution in [0.15, 0.2) is 30.0 Å². The molecule has 130 valence electrons. The molecule has 0 fully saturated rings. The molecule has 24 heavy (non-hydrogen) atoms.